The molecule has 0 saturated carbocycles. The number of aromatic nitrogens is 2. The number of nitrogens with zero attached hydrogens (tertiary/aromatic N) is 2. The molecule has 3 rings (SSSR count). The van der Waals surface area contributed by atoms with Gasteiger partial charge in [-0.1, -0.05) is 6.07 Å². The molecule has 0 bridgehead atoms. The zero-order valence-electron chi connectivity index (χ0n) is 16.4. The highest BCUT2D eigenvalue weighted by Gasteiger charge is 2.31. The number of carbonyl (C=O) groups excluding carboxylic acids is 1. The van der Waals surface area contributed by atoms with Crippen LogP contribution in [0.3, 0.4) is 0 Å². The van der Waals surface area contributed by atoms with E-state index in [1.54, 1.807) is 6.26 Å². The first-order valence-corrected chi connectivity index (χ1v) is 11.5. The third kappa shape index (κ3) is 4.88. The number of halogens is 4. The Morgan fingerprint density at radius 1 is 1.19 bits per heavy atom. The number of nitrogens with two attached hydrogens (primary N) is 1. The lowest BCUT2D eigenvalue weighted by Crippen LogP contribution is -2.21. The fourth-order valence-electron chi connectivity index (χ4n) is 2.78. The highest BCUT2D eigenvalue weighted by molar-refractivity contribution is 7.99. The van der Waals surface area contributed by atoms with Crippen molar-refractivity contribution in [1.82, 2.24) is 9.78 Å². The number of alkyl halides is 3. The topological polar surface area (TPSA) is 107 Å². The zero-order chi connectivity index (χ0) is 23.7. The molecule has 1 amide bonds. The van der Waals surface area contributed by atoms with Crippen molar-refractivity contribution in [2.75, 3.05) is 17.3 Å². The first-order chi connectivity index (χ1) is 14.9. The molecule has 0 unspecified atom stereocenters. The molecule has 0 aliphatic carbocycles. The van der Waals surface area contributed by atoms with E-state index in [0.29, 0.717) is 0 Å². The Morgan fingerprint density at radius 3 is 2.44 bits per heavy atom. The summed E-state index contributed by atoms with van der Waals surface area (Å²) in [5.74, 6) is -1.72. The number of rotatable bonds is 6. The molecule has 3 aromatic rings. The van der Waals surface area contributed by atoms with Crippen LogP contribution in [0.25, 0.3) is 0 Å². The highest BCUT2D eigenvalue weighted by atomic mass is 32.2. The molecule has 1 aromatic heterocycles. The van der Waals surface area contributed by atoms with Crippen LogP contribution in [0.5, 0.6) is 0 Å². The fourth-order valence-corrected chi connectivity index (χ4v) is 5.21. The SMILES string of the molecule is CSc1nn(CC(=O)Nc2cccc(C(F)(F)F)c2)c(N)c1S(=O)(=O)c1ccc(F)cc1. The number of thioether (sulfide) groups is 1. The Bertz CT molecular complexity index is 1260. The summed E-state index contributed by atoms with van der Waals surface area (Å²) >= 11 is 0.969. The summed E-state index contributed by atoms with van der Waals surface area (Å²) in [7, 11) is -4.18. The van der Waals surface area contributed by atoms with E-state index in [9.17, 15) is 30.8 Å². The van der Waals surface area contributed by atoms with E-state index in [1.165, 1.54) is 6.07 Å². The standard InChI is InChI=1S/C19H16F4N4O3S2/c1-31-18-16(32(29,30)14-7-5-12(20)6-8-14)17(24)27(26-18)10-15(28)25-13-4-2-3-11(9-13)19(21,22)23/h2-9H,10,24H2,1H3,(H,25,28). The van der Waals surface area contributed by atoms with E-state index in [2.05, 4.69) is 10.4 Å². The molecule has 3 N–H and O–H groups in total. The molecular formula is C19H16F4N4O3S2. The van der Waals surface area contributed by atoms with E-state index in [4.69, 9.17) is 5.73 Å². The van der Waals surface area contributed by atoms with Gasteiger partial charge >= 0.3 is 6.18 Å². The number of sulfone groups is 1. The van der Waals surface area contributed by atoms with Crippen molar-refractivity contribution in [3.05, 3.63) is 59.9 Å². The van der Waals surface area contributed by atoms with Crippen LogP contribution in [0.15, 0.2) is 63.3 Å². The van der Waals surface area contributed by atoms with Crippen molar-refractivity contribution in [2.24, 2.45) is 0 Å². The average Bonchev–Trinajstić information content (AvgIpc) is 3.03. The van der Waals surface area contributed by atoms with E-state index in [-0.39, 0.29) is 26.3 Å². The van der Waals surface area contributed by atoms with Gasteiger partial charge < -0.3 is 11.1 Å². The number of anilines is 2. The summed E-state index contributed by atoms with van der Waals surface area (Å²) in [6.45, 7) is -0.547. The minimum atomic E-state index is -4.58. The zero-order valence-corrected chi connectivity index (χ0v) is 18.0. The number of amides is 1. The van der Waals surface area contributed by atoms with Crippen molar-refractivity contribution in [3.63, 3.8) is 0 Å². The predicted molar refractivity (Wildman–Crippen MR) is 110 cm³/mol. The minimum absolute atomic E-state index is 0.0127. The van der Waals surface area contributed by atoms with Gasteiger partial charge in [-0.05, 0) is 48.7 Å². The van der Waals surface area contributed by atoms with Gasteiger partial charge in [0.25, 0.3) is 0 Å². The summed E-state index contributed by atoms with van der Waals surface area (Å²) in [4.78, 5) is 11.8. The molecular weight excluding hydrogens is 472 g/mol. The van der Waals surface area contributed by atoms with Gasteiger partial charge in [0.1, 0.15) is 28.1 Å². The van der Waals surface area contributed by atoms with Crippen molar-refractivity contribution >= 4 is 39.0 Å². The molecule has 0 radical (unpaired) electrons. The minimum Gasteiger partial charge on any atom is -0.383 e. The normalized spacial score (nSPS) is 12.0. The first kappa shape index (κ1) is 23.6. The maximum atomic E-state index is 13.2. The molecule has 1 heterocycles. The molecule has 0 spiro atoms. The summed E-state index contributed by atoms with van der Waals surface area (Å²) in [6, 6.07) is 8.15. The van der Waals surface area contributed by atoms with E-state index >= 15 is 0 Å². The monoisotopic (exact) mass is 488 g/mol. The highest BCUT2D eigenvalue weighted by Crippen LogP contribution is 2.34. The van der Waals surface area contributed by atoms with E-state index in [1.807, 2.05) is 0 Å². The summed E-state index contributed by atoms with van der Waals surface area (Å²) in [6.07, 6.45) is -3.03. The van der Waals surface area contributed by atoms with Crippen LogP contribution in [0, 0.1) is 5.82 Å². The molecule has 7 nitrogen and oxygen atoms in total. The lowest BCUT2D eigenvalue weighted by molar-refractivity contribution is -0.137. The molecule has 0 saturated heterocycles. The van der Waals surface area contributed by atoms with Crippen LogP contribution in [-0.4, -0.2) is 30.4 Å². The van der Waals surface area contributed by atoms with Gasteiger partial charge in [-0.2, -0.15) is 18.3 Å². The largest absolute Gasteiger partial charge is 0.416 e. The van der Waals surface area contributed by atoms with Gasteiger partial charge in [0, 0.05) is 5.69 Å². The fraction of sp³-hybridized carbons (Fsp3) is 0.158. The van der Waals surface area contributed by atoms with Crippen molar-refractivity contribution in [1.29, 1.82) is 0 Å². The molecule has 13 heteroatoms. The Balaban J connectivity index is 1.88. The number of carbonyl (C=O) groups is 1. The van der Waals surface area contributed by atoms with Crippen molar-refractivity contribution in [2.45, 2.75) is 27.5 Å². The third-order valence-corrected chi connectivity index (χ3v) is 6.90. The first-order valence-electron chi connectivity index (χ1n) is 8.81. The van der Waals surface area contributed by atoms with Gasteiger partial charge in [0.15, 0.2) is 0 Å². The lowest BCUT2D eigenvalue weighted by Gasteiger charge is -2.10. The molecule has 0 fully saturated rings. The summed E-state index contributed by atoms with van der Waals surface area (Å²) in [5, 5.41) is 6.35. The van der Waals surface area contributed by atoms with Gasteiger partial charge in [-0.25, -0.2) is 17.5 Å². The smallest absolute Gasteiger partial charge is 0.383 e. The van der Waals surface area contributed by atoms with Gasteiger partial charge in [0.05, 0.1) is 10.5 Å². The summed E-state index contributed by atoms with van der Waals surface area (Å²) < 4.78 is 78.6. The number of hydrogen-bond acceptors (Lipinski definition) is 6. The molecule has 0 atom stereocenters. The van der Waals surface area contributed by atoms with E-state index in [0.717, 1.165) is 58.9 Å². The van der Waals surface area contributed by atoms with Crippen molar-refractivity contribution in [3.8, 4) is 0 Å². The molecule has 32 heavy (non-hydrogen) atoms. The van der Waals surface area contributed by atoms with Crippen LogP contribution in [0.4, 0.5) is 29.1 Å². The third-order valence-electron chi connectivity index (χ3n) is 4.27. The quantitative estimate of drug-likeness (QED) is 0.310. The van der Waals surface area contributed by atoms with Crippen LogP contribution in [0.1, 0.15) is 5.56 Å². The average molecular weight is 488 g/mol. The number of hydrogen-bond donors (Lipinski definition) is 2. The second kappa shape index (κ2) is 8.82. The molecule has 2 aromatic carbocycles. The van der Waals surface area contributed by atoms with Crippen LogP contribution in [0.2, 0.25) is 0 Å². The van der Waals surface area contributed by atoms with Crippen LogP contribution >= 0.6 is 11.8 Å². The lowest BCUT2D eigenvalue weighted by atomic mass is 10.2. The second-order valence-corrected chi connectivity index (χ2v) is 9.15. The van der Waals surface area contributed by atoms with Gasteiger partial charge in [0.2, 0.25) is 15.7 Å². The van der Waals surface area contributed by atoms with Crippen LogP contribution < -0.4 is 11.1 Å². The number of benzene rings is 2. The molecule has 170 valence electrons. The second-order valence-electron chi connectivity index (χ2n) is 6.47. The number of nitrogens with one attached hydrogen (secondary N) is 1. The maximum Gasteiger partial charge on any atom is 0.416 e. The Labute approximate surface area is 184 Å². The Morgan fingerprint density at radius 2 is 1.84 bits per heavy atom. The number of nitrogen functional groups attached to an aromatic ring is 1. The summed E-state index contributed by atoms with van der Waals surface area (Å²) in [5.41, 5.74) is 4.93. The maximum absolute atomic E-state index is 13.2. The molecule has 0 aliphatic heterocycles. The Hall–Kier alpha value is -3.06. The van der Waals surface area contributed by atoms with Gasteiger partial charge in [-0.15, -0.1) is 11.8 Å². The van der Waals surface area contributed by atoms with Gasteiger partial charge in [-0.3, -0.25) is 4.79 Å². The molecule has 0 aliphatic rings. The Kier molecular flexibility index (Phi) is 6.51. The van der Waals surface area contributed by atoms with Crippen LogP contribution in [-0.2, 0) is 27.4 Å². The predicted octanol–water partition coefficient (Wildman–Crippen LogP) is 3.82. The van der Waals surface area contributed by atoms with E-state index < -0.39 is 39.8 Å². The van der Waals surface area contributed by atoms with Crippen molar-refractivity contribution < 1.29 is 30.8 Å².